The summed E-state index contributed by atoms with van der Waals surface area (Å²) >= 11 is 0. The van der Waals surface area contributed by atoms with Gasteiger partial charge in [0.05, 0.1) is 12.1 Å². The molecule has 0 bridgehead atoms. The third kappa shape index (κ3) is 2.65. The second-order valence-electron chi connectivity index (χ2n) is 4.09. The number of hydrogen-bond donors (Lipinski definition) is 1. The molecule has 18 heavy (non-hydrogen) atoms. The molecule has 1 N–H and O–H groups in total. The number of piperidine rings is 1. The van der Waals surface area contributed by atoms with Crippen LogP contribution in [0.15, 0.2) is 23.1 Å². The van der Waals surface area contributed by atoms with Crippen LogP contribution in [0, 0.1) is 0 Å². The van der Waals surface area contributed by atoms with Gasteiger partial charge in [0.2, 0.25) is 11.7 Å². The van der Waals surface area contributed by atoms with Gasteiger partial charge in [0.1, 0.15) is 5.69 Å². The summed E-state index contributed by atoms with van der Waals surface area (Å²) in [4.78, 5) is 12.5. The molecule has 1 saturated heterocycles. The zero-order valence-corrected chi connectivity index (χ0v) is 10.6. The summed E-state index contributed by atoms with van der Waals surface area (Å²) in [6.07, 6.45) is 7.11. The van der Waals surface area contributed by atoms with Gasteiger partial charge in [0.25, 0.3) is 0 Å². The average Bonchev–Trinajstić information content (AvgIpc) is 2.90. The molecule has 0 aromatic carbocycles. The molecule has 96 valence electrons. The van der Waals surface area contributed by atoms with Gasteiger partial charge in [-0.15, -0.1) is 12.4 Å². The van der Waals surface area contributed by atoms with E-state index >= 15 is 0 Å². The molecule has 0 aliphatic carbocycles. The molecule has 0 saturated carbocycles. The highest BCUT2D eigenvalue weighted by Crippen LogP contribution is 2.23. The second-order valence-corrected chi connectivity index (χ2v) is 4.09. The number of rotatable bonds is 2. The molecule has 1 atom stereocenters. The van der Waals surface area contributed by atoms with Crippen LogP contribution in [0.2, 0.25) is 0 Å². The van der Waals surface area contributed by atoms with E-state index in [0.29, 0.717) is 23.3 Å². The maximum atomic E-state index is 5.29. The second kappa shape index (κ2) is 5.88. The van der Waals surface area contributed by atoms with Crippen LogP contribution in [0.25, 0.3) is 11.5 Å². The lowest BCUT2D eigenvalue weighted by atomic mass is 10.00. The Hall–Kier alpha value is -1.53. The number of hydrogen-bond acceptors (Lipinski definition) is 6. The van der Waals surface area contributed by atoms with E-state index in [2.05, 4.69) is 25.4 Å². The van der Waals surface area contributed by atoms with E-state index in [9.17, 15) is 0 Å². The van der Waals surface area contributed by atoms with Crippen molar-refractivity contribution in [2.45, 2.75) is 18.8 Å². The summed E-state index contributed by atoms with van der Waals surface area (Å²) in [7, 11) is 0. The summed E-state index contributed by atoms with van der Waals surface area (Å²) in [5.74, 6) is 1.53. The Kier molecular flexibility index (Phi) is 4.22. The average molecular weight is 268 g/mol. The van der Waals surface area contributed by atoms with Crippen LogP contribution in [0.1, 0.15) is 24.7 Å². The van der Waals surface area contributed by atoms with Gasteiger partial charge in [-0.1, -0.05) is 5.16 Å². The van der Waals surface area contributed by atoms with Crippen LogP contribution in [-0.4, -0.2) is 33.2 Å². The molecule has 0 spiro atoms. The molecule has 1 unspecified atom stereocenters. The first-order valence-corrected chi connectivity index (χ1v) is 5.74. The topological polar surface area (TPSA) is 76.7 Å². The van der Waals surface area contributed by atoms with Crippen molar-refractivity contribution >= 4 is 12.4 Å². The van der Waals surface area contributed by atoms with Gasteiger partial charge >= 0.3 is 0 Å². The number of halogens is 1. The standard InChI is InChI=1S/C11H13N5O.ClH/c1-2-8(6-12-3-1)11-15-10(16-17-11)9-7-13-4-5-14-9;/h4-5,7-8,12H,1-3,6H2;1H. The van der Waals surface area contributed by atoms with E-state index in [1.54, 1.807) is 18.6 Å². The monoisotopic (exact) mass is 267 g/mol. The largest absolute Gasteiger partial charge is 0.339 e. The zero-order valence-electron chi connectivity index (χ0n) is 9.74. The fraction of sp³-hybridized carbons (Fsp3) is 0.455. The highest BCUT2D eigenvalue weighted by atomic mass is 35.5. The van der Waals surface area contributed by atoms with Gasteiger partial charge in [-0.3, -0.25) is 4.98 Å². The summed E-state index contributed by atoms with van der Waals surface area (Å²) < 4.78 is 5.29. The molecule has 1 aliphatic rings. The third-order valence-corrected chi connectivity index (χ3v) is 2.88. The lowest BCUT2D eigenvalue weighted by molar-refractivity contribution is 0.322. The molecule has 0 radical (unpaired) electrons. The molecule has 2 aromatic heterocycles. The van der Waals surface area contributed by atoms with E-state index in [1.807, 2.05) is 0 Å². The van der Waals surface area contributed by atoms with E-state index in [-0.39, 0.29) is 12.4 Å². The van der Waals surface area contributed by atoms with Crippen molar-refractivity contribution in [3.63, 3.8) is 0 Å². The minimum Gasteiger partial charge on any atom is -0.339 e. The van der Waals surface area contributed by atoms with Crippen molar-refractivity contribution in [1.29, 1.82) is 0 Å². The number of nitrogens with one attached hydrogen (secondary N) is 1. The van der Waals surface area contributed by atoms with Gasteiger partial charge < -0.3 is 9.84 Å². The Labute approximate surface area is 111 Å². The maximum absolute atomic E-state index is 5.29. The lowest BCUT2D eigenvalue weighted by Gasteiger charge is -2.18. The summed E-state index contributed by atoms with van der Waals surface area (Å²) in [6, 6.07) is 0. The van der Waals surface area contributed by atoms with Gasteiger partial charge in [-0.2, -0.15) is 4.98 Å². The number of nitrogens with zero attached hydrogens (tertiary/aromatic N) is 4. The van der Waals surface area contributed by atoms with Crippen molar-refractivity contribution < 1.29 is 4.52 Å². The Morgan fingerprint density at radius 3 is 3.00 bits per heavy atom. The minimum absolute atomic E-state index is 0. The Morgan fingerprint density at radius 2 is 2.28 bits per heavy atom. The molecule has 1 fully saturated rings. The van der Waals surface area contributed by atoms with Crippen LogP contribution >= 0.6 is 12.4 Å². The zero-order chi connectivity index (χ0) is 11.5. The van der Waals surface area contributed by atoms with E-state index < -0.39 is 0 Å². The third-order valence-electron chi connectivity index (χ3n) is 2.88. The van der Waals surface area contributed by atoms with Crippen molar-refractivity contribution in [3.8, 4) is 11.5 Å². The highest BCUT2D eigenvalue weighted by molar-refractivity contribution is 5.85. The molecule has 3 heterocycles. The summed E-state index contributed by atoms with van der Waals surface area (Å²) in [5.41, 5.74) is 0.645. The van der Waals surface area contributed by atoms with E-state index in [1.165, 1.54) is 0 Å². The molecule has 3 rings (SSSR count). The fourth-order valence-corrected chi connectivity index (χ4v) is 1.98. The SMILES string of the molecule is Cl.c1cnc(-c2noc(C3CCCNC3)n2)cn1. The predicted octanol–water partition coefficient (Wildman–Crippen LogP) is 1.42. The van der Waals surface area contributed by atoms with Crippen molar-refractivity contribution in [2.24, 2.45) is 0 Å². The molecule has 0 amide bonds. The van der Waals surface area contributed by atoms with Gasteiger partial charge in [0, 0.05) is 18.9 Å². The molecular formula is C11H14ClN5O. The lowest BCUT2D eigenvalue weighted by Crippen LogP contribution is -2.28. The van der Waals surface area contributed by atoms with E-state index in [4.69, 9.17) is 4.52 Å². The normalized spacial score (nSPS) is 19.2. The number of aromatic nitrogens is 4. The first-order chi connectivity index (χ1) is 8.43. The van der Waals surface area contributed by atoms with Crippen LogP contribution in [-0.2, 0) is 0 Å². The van der Waals surface area contributed by atoms with Gasteiger partial charge in [-0.05, 0) is 19.4 Å². The smallest absolute Gasteiger partial charge is 0.231 e. The summed E-state index contributed by atoms with van der Waals surface area (Å²) in [6.45, 7) is 1.98. The van der Waals surface area contributed by atoms with Gasteiger partial charge in [-0.25, -0.2) is 4.98 Å². The highest BCUT2D eigenvalue weighted by Gasteiger charge is 2.21. The maximum Gasteiger partial charge on any atom is 0.231 e. The molecule has 7 heteroatoms. The first-order valence-electron chi connectivity index (χ1n) is 5.74. The Bertz CT molecular complexity index is 483. The molecular weight excluding hydrogens is 254 g/mol. The van der Waals surface area contributed by atoms with Crippen LogP contribution in [0.3, 0.4) is 0 Å². The first kappa shape index (κ1) is 12.9. The Morgan fingerprint density at radius 1 is 1.33 bits per heavy atom. The van der Waals surface area contributed by atoms with Crippen molar-refractivity contribution in [3.05, 3.63) is 24.5 Å². The van der Waals surface area contributed by atoms with Crippen LogP contribution in [0.5, 0.6) is 0 Å². The Balaban J connectivity index is 0.00000120. The van der Waals surface area contributed by atoms with Crippen molar-refractivity contribution in [2.75, 3.05) is 13.1 Å². The fourth-order valence-electron chi connectivity index (χ4n) is 1.98. The van der Waals surface area contributed by atoms with Crippen molar-refractivity contribution in [1.82, 2.24) is 25.4 Å². The molecule has 1 aliphatic heterocycles. The molecule has 2 aromatic rings. The minimum atomic E-state index is 0. The molecule has 6 nitrogen and oxygen atoms in total. The van der Waals surface area contributed by atoms with Gasteiger partial charge in [0.15, 0.2) is 0 Å². The summed E-state index contributed by atoms with van der Waals surface area (Å²) in [5, 5.41) is 7.27. The van der Waals surface area contributed by atoms with E-state index in [0.717, 1.165) is 25.9 Å². The van der Waals surface area contributed by atoms with Crippen LogP contribution < -0.4 is 5.32 Å². The quantitative estimate of drug-likeness (QED) is 0.887. The van der Waals surface area contributed by atoms with Crippen LogP contribution in [0.4, 0.5) is 0 Å². The predicted molar refractivity (Wildman–Crippen MR) is 67.4 cm³/mol.